The average molecular weight is 225 g/mol. The second-order valence-electron chi connectivity index (χ2n) is 3.76. The summed E-state index contributed by atoms with van der Waals surface area (Å²) < 4.78 is 5.57. The van der Waals surface area contributed by atoms with E-state index in [0.717, 1.165) is 12.0 Å². The molecule has 0 radical (unpaired) electrons. The van der Waals surface area contributed by atoms with E-state index < -0.39 is 0 Å². The fraction of sp³-hybridized carbons (Fsp3) is 0.417. The third-order valence-corrected chi connectivity index (χ3v) is 2.87. The number of carbonyl (C=O) groups excluding carboxylic acids is 1. The first-order valence-corrected chi connectivity index (χ1v) is 5.57. The van der Waals surface area contributed by atoms with Crippen LogP contribution in [0.15, 0.2) is 18.2 Å². The number of ketones is 1. The van der Waals surface area contributed by atoms with E-state index in [-0.39, 0.29) is 11.9 Å². The largest absolute Gasteiger partial charge is 0.480 e. The molecule has 1 aromatic rings. The van der Waals surface area contributed by atoms with Crippen LogP contribution < -0.4 is 4.74 Å². The Morgan fingerprint density at radius 2 is 2.40 bits per heavy atom. The molecule has 2 rings (SSSR count). The molecule has 1 aromatic carbocycles. The van der Waals surface area contributed by atoms with Crippen molar-refractivity contribution in [2.45, 2.75) is 32.3 Å². The first-order chi connectivity index (χ1) is 7.22. The number of carbonyl (C=O) groups is 1. The lowest BCUT2D eigenvalue weighted by Gasteiger charge is -2.08. The molecule has 1 aliphatic rings. The zero-order chi connectivity index (χ0) is 10.8. The van der Waals surface area contributed by atoms with Crippen LogP contribution in [-0.2, 0) is 11.2 Å². The Hall–Kier alpha value is -1.02. The highest BCUT2D eigenvalue weighted by molar-refractivity contribution is 6.32. The first-order valence-electron chi connectivity index (χ1n) is 5.19. The highest BCUT2D eigenvalue weighted by Crippen LogP contribution is 2.36. The number of hydrogen-bond acceptors (Lipinski definition) is 2. The number of rotatable bonds is 3. The van der Waals surface area contributed by atoms with Gasteiger partial charge in [-0.2, -0.15) is 0 Å². The molecule has 0 aromatic heterocycles. The molecule has 0 N–H and O–H groups in total. The number of Topliss-reactive ketones (excluding diaryl/α,β-unsaturated/α-hetero) is 1. The van der Waals surface area contributed by atoms with E-state index in [1.807, 2.05) is 19.1 Å². The van der Waals surface area contributed by atoms with Gasteiger partial charge in [-0.1, -0.05) is 30.7 Å². The Balaban J connectivity index is 2.15. The Kier molecular flexibility index (Phi) is 2.96. The van der Waals surface area contributed by atoms with Gasteiger partial charge in [0, 0.05) is 12.8 Å². The van der Waals surface area contributed by atoms with Crippen molar-refractivity contribution in [3.8, 4) is 5.75 Å². The molecule has 1 unspecified atom stereocenters. The van der Waals surface area contributed by atoms with Gasteiger partial charge in [-0.05, 0) is 18.1 Å². The first kappa shape index (κ1) is 10.5. The quantitative estimate of drug-likeness (QED) is 0.789. The molecule has 15 heavy (non-hydrogen) atoms. The van der Waals surface area contributed by atoms with E-state index in [1.54, 1.807) is 6.07 Å². The normalized spacial score (nSPS) is 18.4. The van der Waals surface area contributed by atoms with Gasteiger partial charge in [0.2, 0.25) is 0 Å². The van der Waals surface area contributed by atoms with Crippen LogP contribution in [0.4, 0.5) is 0 Å². The molecule has 0 amide bonds. The van der Waals surface area contributed by atoms with Crippen molar-refractivity contribution in [3.63, 3.8) is 0 Å². The molecule has 0 bridgehead atoms. The molecular formula is C12H13ClO2. The second kappa shape index (κ2) is 4.23. The molecule has 2 nitrogen and oxygen atoms in total. The van der Waals surface area contributed by atoms with E-state index in [1.165, 1.54) is 0 Å². The standard InChI is InChI=1S/C12H13ClO2/c1-2-4-10(14)11-7-8-5-3-6-9(13)12(8)15-11/h3,5-6,11H,2,4,7H2,1H3. The molecule has 1 atom stereocenters. The molecule has 1 aliphatic heterocycles. The Labute approximate surface area is 94.2 Å². The minimum atomic E-state index is -0.320. The van der Waals surface area contributed by atoms with E-state index in [9.17, 15) is 4.79 Å². The van der Waals surface area contributed by atoms with Crippen LogP contribution in [-0.4, -0.2) is 11.9 Å². The van der Waals surface area contributed by atoms with Crippen molar-refractivity contribution in [2.75, 3.05) is 0 Å². The summed E-state index contributed by atoms with van der Waals surface area (Å²) in [7, 11) is 0. The topological polar surface area (TPSA) is 26.3 Å². The molecule has 3 heteroatoms. The van der Waals surface area contributed by atoms with Gasteiger partial charge >= 0.3 is 0 Å². The summed E-state index contributed by atoms with van der Waals surface area (Å²) in [5.41, 5.74) is 1.04. The van der Waals surface area contributed by atoms with Crippen LogP contribution in [0.25, 0.3) is 0 Å². The van der Waals surface area contributed by atoms with Gasteiger partial charge in [0.05, 0.1) is 5.02 Å². The van der Waals surface area contributed by atoms with E-state index in [4.69, 9.17) is 16.3 Å². The molecular weight excluding hydrogens is 212 g/mol. The monoisotopic (exact) mass is 224 g/mol. The van der Waals surface area contributed by atoms with E-state index in [0.29, 0.717) is 23.6 Å². The Bertz CT molecular complexity index is 387. The van der Waals surface area contributed by atoms with Crippen molar-refractivity contribution in [1.29, 1.82) is 0 Å². The zero-order valence-corrected chi connectivity index (χ0v) is 9.38. The minimum Gasteiger partial charge on any atom is -0.480 e. The summed E-state index contributed by atoms with van der Waals surface area (Å²) in [4.78, 5) is 11.7. The van der Waals surface area contributed by atoms with Crippen LogP contribution in [0.2, 0.25) is 5.02 Å². The predicted molar refractivity (Wildman–Crippen MR) is 59.5 cm³/mol. The van der Waals surface area contributed by atoms with E-state index >= 15 is 0 Å². The van der Waals surface area contributed by atoms with Gasteiger partial charge in [0.25, 0.3) is 0 Å². The smallest absolute Gasteiger partial charge is 0.173 e. The summed E-state index contributed by atoms with van der Waals surface area (Å²) in [5, 5.41) is 0.597. The van der Waals surface area contributed by atoms with Gasteiger partial charge in [-0.25, -0.2) is 0 Å². The number of hydrogen-bond donors (Lipinski definition) is 0. The number of benzene rings is 1. The van der Waals surface area contributed by atoms with Gasteiger partial charge in [-0.15, -0.1) is 0 Å². The molecule has 0 saturated carbocycles. The van der Waals surface area contributed by atoms with Crippen molar-refractivity contribution in [1.82, 2.24) is 0 Å². The van der Waals surface area contributed by atoms with Crippen LogP contribution in [0.5, 0.6) is 5.75 Å². The average Bonchev–Trinajstić information content (AvgIpc) is 2.63. The molecule has 0 aliphatic carbocycles. The van der Waals surface area contributed by atoms with Crippen molar-refractivity contribution in [2.24, 2.45) is 0 Å². The van der Waals surface area contributed by atoms with E-state index in [2.05, 4.69) is 0 Å². The number of ether oxygens (including phenoxy) is 1. The SMILES string of the molecule is CCCC(=O)C1Cc2cccc(Cl)c2O1. The molecule has 0 fully saturated rings. The number of halogens is 1. The number of fused-ring (bicyclic) bond motifs is 1. The summed E-state index contributed by atoms with van der Waals surface area (Å²) in [5.74, 6) is 0.860. The van der Waals surface area contributed by atoms with Gasteiger partial charge in [0.15, 0.2) is 11.9 Å². The fourth-order valence-electron chi connectivity index (χ4n) is 1.82. The van der Waals surface area contributed by atoms with Crippen molar-refractivity contribution in [3.05, 3.63) is 28.8 Å². The van der Waals surface area contributed by atoms with Gasteiger partial charge in [0.1, 0.15) is 5.75 Å². The van der Waals surface area contributed by atoms with Crippen LogP contribution >= 0.6 is 11.6 Å². The molecule has 80 valence electrons. The van der Waals surface area contributed by atoms with Gasteiger partial charge in [-0.3, -0.25) is 4.79 Å². The summed E-state index contributed by atoms with van der Waals surface area (Å²) in [6.45, 7) is 1.99. The second-order valence-corrected chi connectivity index (χ2v) is 4.16. The summed E-state index contributed by atoms with van der Waals surface area (Å²) >= 11 is 5.98. The molecule has 0 saturated heterocycles. The molecule has 0 spiro atoms. The molecule has 1 heterocycles. The maximum absolute atomic E-state index is 11.7. The van der Waals surface area contributed by atoms with Crippen LogP contribution in [0, 0.1) is 0 Å². The van der Waals surface area contributed by atoms with Crippen LogP contribution in [0.3, 0.4) is 0 Å². The Morgan fingerprint density at radius 3 is 3.07 bits per heavy atom. The minimum absolute atomic E-state index is 0.171. The lowest BCUT2D eigenvalue weighted by atomic mass is 10.0. The lowest BCUT2D eigenvalue weighted by Crippen LogP contribution is -2.24. The zero-order valence-electron chi connectivity index (χ0n) is 8.63. The van der Waals surface area contributed by atoms with Crippen LogP contribution in [0.1, 0.15) is 25.3 Å². The third-order valence-electron chi connectivity index (χ3n) is 2.57. The third kappa shape index (κ3) is 2.00. The maximum atomic E-state index is 11.7. The Morgan fingerprint density at radius 1 is 1.60 bits per heavy atom. The van der Waals surface area contributed by atoms with Gasteiger partial charge < -0.3 is 4.74 Å². The van der Waals surface area contributed by atoms with Crippen molar-refractivity contribution >= 4 is 17.4 Å². The predicted octanol–water partition coefficient (Wildman–Crippen LogP) is 3.01. The van der Waals surface area contributed by atoms with Crippen molar-refractivity contribution < 1.29 is 9.53 Å². The lowest BCUT2D eigenvalue weighted by molar-refractivity contribution is -0.125. The maximum Gasteiger partial charge on any atom is 0.173 e. The highest BCUT2D eigenvalue weighted by atomic mass is 35.5. The number of para-hydroxylation sites is 1. The highest BCUT2D eigenvalue weighted by Gasteiger charge is 2.29. The summed E-state index contributed by atoms with van der Waals surface area (Å²) in [6.07, 6.45) is 1.79. The fourth-order valence-corrected chi connectivity index (χ4v) is 2.06. The summed E-state index contributed by atoms with van der Waals surface area (Å²) in [6, 6.07) is 5.63.